The van der Waals surface area contributed by atoms with Gasteiger partial charge in [-0.15, -0.1) is 11.6 Å². The minimum atomic E-state index is 0.195. The molecule has 0 radical (unpaired) electrons. The lowest BCUT2D eigenvalue weighted by Gasteiger charge is -2.16. The Labute approximate surface area is 122 Å². The molecule has 5 heteroatoms. The molecule has 0 aliphatic carbocycles. The Morgan fingerprint density at radius 1 is 1.28 bits per heavy atom. The van der Waals surface area contributed by atoms with Gasteiger partial charge in [0, 0.05) is 25.4 Å². The molecule has 0 spiro atoms. The Kier molecular flexibility index (Phi) is 4.77. The van der Waals surface area contributed by atoms with Gasteiger partial charge in [0.2, 0.25) is 5.91 Å². The monoisotopic (exact) mass is 305 g/mol. The largest absolute Gasteiger partial charge is 0.342 e. The zero-order valence-corrected chi connectivity index (χ0v) is 12.1. The maximum atomic E-state index is 11.7. The first-order valence-corrected chi connectivity index (χ1v) is 7.17. The number of hydrogen-bond acceptors (Lipinski definition) is 1. The van der Waals surface area contributed by atoms with E-state index in [-0.39, 0.29) is 5.91 Å². The van der Waals surface area contributed by atoms with Crippen LogP contribution in [0.1, 0.15) is 12.0 Å². The average molecular weight is 307 g/mol. The molecule has 0 bridgehead atoms. The van der Waals surface area contributed by atoms with E-state index in [0.29, 0.717) is 34.8 Å². The number of alkyl halides is 1. The number of amides is 1. The highest BCUT2D eigenvalue weighted by molar-refractivity contribution is 6.42. The van der Waals surface area contributed by atoms with Crippen LogP contribution < -0.4 is 0 Å². The van der Waals surface area contributed by atoms with Gasteiger partial charge in [-0.25, -0.2) is 0 Å². The predicted molar refractivity (Wildman–Crippen MR) is 75.6 cm³/mol. The van der Waals surface area contributed by atoms with Crippen molar-refractivity contribution in [2.75, 3.05) is 19.0 Å². The standard InChI is InChI=1S/C13H14Cl3NO/c14-7-10-6-13(18)17(8-10)4-3-9-1-2-11(15)12(16)5-9/h1-2,5,10H,3-4,6-8H2. The molecule has 1 unspecified atom stereocenters. The van der Waals surface area contributed by atoms with Gasteiger partial charge in [0.15, 0.2) is 0 Å². The van der Waals surface area contributed by atoms with Crippen LogP contribution in [0, 0.1) is 5.92 Å². The highest BCUT2D eigenvalue weighted by atomic mass is 35.5. The number of likely N-dealkylation sites (tertiary alicyclic amines) is 1. The van der Waals surface area contributed by atoms with Crippen molar-refractivity contribution in [1.29, 1.82) is 0 Å². The Morgan fingerprint density at radius 2 is 2.06 bits per heavy atom. The normalized spacial score (nSPS) is 19.6. The van der Waals surface area contributed by atoms with Crippen LogP contribution in [-0.2, 0) is 11.2 Å². The minimum Gasteiger partial charge on any atom is -0.342 e. The molecule has 18 heavy (non-hydrogen) atoms. The SMILES string of the molecule is O=C1CC(CCl)CN1CCc1ccc(Cl)c(Cl)c1. The zero-order chi connectivity index (χ0) is 13.1. The number of nitrogens with zero attached hydrogens (tertiary/aromatic N) is 1. The first-order chi connectivity index (χ1) is 8.60. The highest BCUT2D eigenvalue weighted by Crippen LogP contribution is 2.24. The van der Waals surface area contributed by atoms with E-state index in [4.69, 9.17) is 34.8 Å². The fourth-order valence-electron chi connectivity index (χ4n) is 2.13. The molecule has 1 aliphatic heterocycles. The zero-order valence-electron chi connectivity index (χ0n) is 9.83. The van der Waals surface area contributed by atoms with Gasteiger partial charge in [0.1, 0.15) is 0 Å². The second-order valence-electron chi connectivity index (χ2n) is 4.56. The number of rotatable bonds is 4. The van der Waals surface area contributed by atoms with Crippen molar-refractivity contribution >= 4 is 40.7 Å². The van der Waals surface area contributed by atoms with E-state index in [2.05, 4.69) is 0 Å². The van der Waals surface area contributed by atoms with Crippen LogP contribution in [0.15, 0.2) is 18.2 Å². The highest BCUT2D eigenvalue weighted by Gasteiger charge is 2.28. The second kappa shape index (κ2) is 6.14. The lowest BCUT2D eigenvalue weighted by atomic mass is 10.1. The summed E-state index contributed by atoms with van der Waals surface area (Å²) in [7, 11) is 0. The minimum absolute atomic E-state index is 0.195. The Hall–Kier alpha value is -0.440. The van der Waals surface area contributed by atoms with Crippen LogP contribution >= 0.6 is 34.8 Å². The molecule has 1 aliphatic rings. The fraction of sp³-hybridized carbons (Fsp3) is 0.462. The molecule has 98 valence electrons. The molecule has 1 amide bonds. The first-order valence-electron chi connectivity index (χ1n) is 5.88. The maximum Gasteiger partial charge on any atom is 0.222 e. The topological polar surface area (TPSA) is 20.3 Å². The summed E-state index contributed by atoms with van der Waals surface area (Å²) in [5, 5.41) is 1.11. The fourth-order valence-corrected chi connectivity index (χ4v) is 2.66. The van der Waals surface area contributed by atoms with Crippen molar-refractivity contribution in [2.45, 2.75) is 12.8 Å². The molecular weight excluding hydrogens is 293 g/mol. The number of carbonyl (C=O) groups excluding carboxylic acids is 1. The summed E-state index contributed by atoms with van der Waals surface area (Å²) >= 11 is 17.6. The van der Waals surface area contributed by atoms with Gasteiger partial charge < -0.3 is 4.90 Å². The van der Waals surface area contributed by atoms with E-state index in [1.165, 1.54) is 0 Å². The van der Waals surface area contributed by atoms with Crippen molar-refractivity contribution < 1.29 is 4.79 Å². The average Bonchev–Trinajstić information content (AvgIpc) is 2.72. The van der Waals surface area contributed by atoms with Crippen LogP contribution in [0.4, 0.5) is 0 Å². The van der Waals surface area contributed by atoms with Crippen LogP contribution in [0.25, 0.3) is 0 Å². The molecule has 1 saturated heterocycles. The third-order valence-corrected chi connectivity index (χ3v) is 4.34. The molecule has 0 N–H and O–H groups in total. The number of carbonyl (C=O) groups is 1. The van der Waals surface area contributed by atoms with E-state index in [1.807, 2.05) is 17.0 Å². The lowest BCUT2D eigenvalue weighted by Crippen LogP contribution is -2.27. The Morgan fingerprint density at radius 3 is 2.67 bits per heavy atom. The molecule has 0 aromatic heterocycles. The number of hydrogen-bond donors (Lipinski definition) is 0. The van der Waals surface area contributed by atoms with Crippen LogP contribution in [0.5, 0.6) is 0 Å². The van der Waals surface area contributed by atoms with Crippen molar-refractivity contribution in [3.05, 3.63) is 33.8 Å². The quantitative estimate of drug-likeness (QED) is 0.778. The van der Waals surface area contributed by atoms with Crippen LogP contribution in [0.3, 0.4) is 0 Å². The van der Waals surface area contributed by atoms with Crippen LogP contribution in [0.2, 0.25) is 10.0 Å². The Balaban J connectivity index is 1.91. The molecule has 1 heterocycles. The Bertz CT molecular complexity index is 450. The van der Waals surface area contributed by atoms with Gasteiger partial charge >= 0.3 is 0 Å². The summed E-state index contributed by atoms with van der Waals surface area (Å²) in [6, 6.07) is 5.57. The van der Waals surface area contributed by atoms with E-state index < -0.39 is 0 Å². The summed E-state index contributed by atoms with van der Waals surface area (Å²) in [6.45, 7) is 1.48. The van der Waals surface area contributed by atoms with Gasteiger partial charge in [-0.05, 0) is 30.0 Å². The maximum absolute atomic E-state index is 11.7. The van der Waals surface area contributed by atoms with Crippen LogP contribution in [-0.4, -0.2) is 29.8 Å². The van der Waals surface area contributed by atoms with Gasteiger partial charge in [-0.2, -0.15) is 0 Å². The molecule has 1 aromatic carbocycles. The molecule has 1 aromatic rings. The van der Waals surface area contributed by atoms with E-state index in [0.717, 1.165) is 18.5 Å². The molecule has 0 saturated carbocycles. The van der Waals surface area contributed by atoms with Gasteiger partial charge in [-0.1, -0.05) is 29.3 Å². The van der Waals surface area contributed by atoms with E-state index in [1.54, 1.807) is 6.07 Å². The first kappa shape index (κ1) is 14.0. The summed E-state index contributed by atoms with van der Waals surface area (Å²) in [6.07, 6.45) is 1.36. The summed E-state index contributed by atoms with van der Waals surface area (Å²) in [4.78, 5) is 13.6. The van der Waals surface area contributed by atoms with Crippen molar-refractivity contribution in [3.63, 3.8) is 0 Å². The smallest absolute Gasteiger partial charge is 0.222 e. The molecule has 1 fully saturated rings. The molecule has 2 nitrogen and oxygen atoms in total. The molecule has 2 rings (SSSR count). The summed E-state index contributed by atoms with van der Waals surface area (Å²) < 4.78 is 0. The summed E-state index contributed by atoms with van der Waals surface area (Å²) in [5.74, 6) is 1.04. The van der Waals surface area contributed by atoms with Crippen molar-refractivity contribution in [1.82, 2.24) is 4.90 Å². The van der Waals surface area contributed by atoms with Crippen molar-refractivity contribution in [2.24, 2.45) is 5.92 Å². The second-order valence-corrected chi connectivity index (χ2v) is 5.69. The lowest BCUT2D eigenvalue weighted by molar-refractivity contribution is -0.127. The van der Waals surface area contributed by atoms with Crippen molar-refractivity contribution in [3.8, 4) is 0 Å². The molecular formula is C13H14Cl3NO. The summed E-state index contributed by atoms with van der Waals surface area (Å²) in [5.41, 5.74) is 1.09. The number of benzene rings is 1. The number of halogens is 3. The van der Waals surface area contributed by atoms with Gasteiger partial charge in [-0.3, -0.25) is 4.79 Å². The molecule has 1 atom stereocenters. The van der Waals surface area contributed by atoms with E-state index in [9.17, 15) is 4.79 Å². The van der Waals surface area contributed by atoms with Gasteiger partial charge in [0.25, 0.3) is 0 Å². The van der Waals surface area contributed by atoms with E-state index >= 15 is 0 Å². The third-order valence-electron chi connectivity index (χ3n) is 3.17. The predicted octanol–water partition coefficient (Wildman–Crippen LogP) is 3.62. The van der Waals surface area contributed by atoms with Gasteiger partial charge in [0.05, 0.1) is 10.0 Å². The third kappa shape index (κ3) is 3.31.